The van der Waals surface area contributed by atoms with Crippen molar-refractivity contribution >= 4 is 5.97 Å². The summed E-state index contributed by atoms with van der Waals surface area (Å²) in [5.41, 5.74) is 0. The second-order valence-electron chi connectivity index (χ2n) is 2.74. The van der Waals surface area contributed by atoms with Gasteiger partial charge in [-0.3, -0.25) is 4.79 Å². The Morgan fingerprint density at radius 2 is 2.17 bits per heavy atom. The first-order chi connectivity index (χ1) is 5.67. The number of carbonyl (C=O) groups excluding carboxylic acids is 1. The van der Waals surface area contributed by atoms with Gasteiger partial charge in [0.2, 0.25) is 0 Å². The molecule has 0 unspecified atom stereocenters. The largest absolute Gasteiger partial charge is 0.465 e. The second kappa shape index (κ2) is 5.59. The zero-order chi connectivity index (χ0) is 9.56. The molecule has 0 fully saturated rings. The van der Waals surface area contributed by atoms with Gasteiger partial charge in [-0.1, -0.05) is 20.3 Å². The third-order valence-electron chi connectivity index (χ3n) is 1.89. The van der Waals surface area contributed by atoms with Crippen molar-refractivity contribution in [3.63, 3.8) is 0 Å². The monoisotopic (exact) mass is 169 g/mol. The molecule has 0 aliphatic carbocycles. The molecule has 2 atom stereocenters. The van der Waals surface area contributed by atoms with Gasteiger partial charge in [0.1, 0.15) is 5.92 Å². The molecule has 3 heteroatoms. The van der Waals surface area contributed by atoms with Gasteiger partial charge in [0.15, 0.2) is 0 Å². The van der Waals surface area contributed by atoms with Gasteiger partial charge in [0.05, 0.1) is 12.7 Å². The van der Waals surface area contributed by atoms with E-state index in [2.05, 4.69) is 0 Å². The molecule has 0 aromatic rings. The van der Waals surface area contributed by atoms with Crippen molar-refractivity contribution in [3.05, 3.63) is 0 Å². The van der Waals surface area contributed by atoms with Gasteiger partial charge in [0.25, 0.3) is 0 Å². The molecule has 0 aromatic heterocycles. The summed E-state index contributed by atoms with van der Waals surface area (Å²) in [6.45, 7) is 5.91. The maximum absolute atomic E-state index is 11.1. The van der Waals surface area contributed by atoms with Gasteiger partial charge in [-0.15, -0.1) is 0 Å². The molecule has 0 heterocycles. The van der Waals surface area contributed by atoms with E-state index in [1.807, 2.05) is 19.9 Å². The fraction of sp³-hybridized carbons (Fsp3) is 0.778. The molecule has 0 N–H and O–H groups in total. The van der Waals surface area contributed by atoms with Crippen LogP contribution in [0.1, 0.15) is 27.2 Å². The number of rotatable bonds is 4. The normalized spacial score (nSPS) is 14.5. The lowest BCUT2D eigenvalue weighted by molar-refractivity contribution is -0.147. The van der Waals surface area contributed by atoms with Crippen molar-refractivity contribution in [3.8, 4) is 6.07 Å². The van der Waals surface area contributed by atoms with Gasteiger partial charge >= 0.3 is 5.97 Å². The maximum Gasteiger partial charge on any atom is 0.323 e. The molecule has 0 rings (SSSR count). The molecular formula is C9H15NO2. The first-order valence-electron chi connectivity index (χ1n) is 4.23. The summed E-state index contributed by atoms with van der Waals surface area (Å²) in [5.74, 6) is -0.918. The molecule has 0 aliphatic heterocycles. The molecular weight excluding hydrogens is 154 g/mol. The van der Waals surface area contributed by atoms with Crippen molar-refractivity contribution in [1.82, 2.24) is 0 Å². The Hall–Kier alpha value is -1.04. The highest BCUT2D eigenvalue weighted by molar-refractivity contribution is 5.75. The fourth-order valence-corrected chi connectivity index (χ4v) is 0.880. The van der Waals surface area contributed by atoms with Crippen LogP contribution in [0.5, 0.6) is 0 Å². The molecule has 68 valence electrons. The number of ether oxygens (including phenoxy) is 1. The molecule has 3 nitrogen and oxygen atoms in total. The number of nitrogens with zero attached hydrogens (tertiary/aromatic N) is 1. The molecule has 0 aliphatic rings. The third kappa shape index (κ3) is 2.91. The van der Waals surface area contributed by atoms with Gasteiger partial charge < -0.3 is 4.74 Å². The summed E-state index contributed by atoms with van der Waals surface area (Å²) in [6, 6.07) is 1.96. The minimum Gasteiger partial charge on any atom is -0.465 e. The molecule has 12 heavy (non-hydrogen) atoms. The number of hydrogen-bond acceptors (Lipinski definition) is 3. The Morgan fingerprint density at radius 1 is 1.58 bits per heavy atom. The van der Waals surface area contributed by atoms with E-state index in [0.29, 0.717) is 6.61 Å². The van der Waals surface area contributed by atoms with Crippen LogP contribution in [0.4, 0.5) is 0 Å². The van der Waals surface area contributed by atoms with Crippen LogP contribution in [-0.2, 0) is 9.53 Å². The standard InChI is InChI=1S/C9H15NO2/c1-4-7(3)8(6-10)9(11)12-5-2/h7-8H,4-5H2,1-3H3/t7-,8-/m0/s1. The summed E-state index contributed by atoms with van der Waals surface area (Å²) in [6.07, 6.45) is 0.817. The predicted molar refractivity (Wildman–Crippen MR) is 45.2 cm³/mol. The lowest BCUT2D eigenvalue weighted by atomic mass is 9.93. The van der Waals surface area contributed by atoms with Crippen LogP contribution < -0.4 is 0 Å². The van der Waals surface area contributed by atoms with Crippen molar-refractivity contribution in [2.45, 2.75) is 27.2 Å². The van der Waals surface area contributed by atoms with Gasteiger partial charge in [-0.05, 0) is 12.8 Å². The molecule has 0 aromatic carbocycles. The summed E-state index contributed by atoms with van der Waals surface area (Å²) in [5, 5.41) is 8.67. The minimum atomic E-state index is -0.602. The van der Waals surface area contributed by atoms with Crippen LogP contribution in [0, 0.1) is 23.2 Å². The fourth-order valence-electron chi connectivity index (χ4n) is 0.880. The first-order valence-corrected chi connectivity index (χ1v) is 4.23. The van der Waals surface area contributed by atoms with Crippen molar-refractivity contribution < 1.29 is 9.53 Å². The van der Waals surface area contributed by atoms with E-state index < -0.39 is 11.9 Å². The van der Waals surface area contributed by atoms with Gasteiger partial charge in [-0.2, -0.15) is 5.26 Å². The zero-order valence-corrected chi connectivity index (χ0v) is 7.83. The molecule has 0 amide bonds. The smallest absolute Gasteiger partial charge is 0.323 e. The van der Waals surface area contributed by atoms with Crippen LogP contribution in [0.2, 0.25) is 0 Å². The number of nitriles is 1. The van der Waals surface area contributed by atoms with Crippen molar-refractivity contribution in [2.24, 2.45) is 11.8 Å². The molecule has 0 radical (unpaired) electrons. The van der Waals surface area contributed by atoms with E-state index >= 15 is 0 Å². The topological polar surface area (TPSA) is 50.1 Å². The first kappa shape index (κ1) is 11.0. The summed E-state index contributed by atoms with van der Waals surface area (Å²) < 4.78 is 4.76. The van der Waals surface area contributed by atoms with E-state index in [1.165, 1.54) is 0 Å². The summed E-state index contributed by atoms with van der Waals surface area (Å²) in [7, 11) is 0. The van der Waals surface area contributed by atoms with E-state index in [0.717, 1.165) is 6.42 Å². The van der Waals surface area contributed by atoms with Crippen molar-refractivity contribution in [2.75, 3.05) is 6.61 Å². The van der Waals surface area contributed by atoms with E-state index in [4.69, 9.17) is 10.00 Å². The minimum absolute atomic E-state index is 0.0778. The Bertz CT molecular complexity index is 183. The summed E-state index contributed by atoms with van der Waals surface area (Å²) >= 11 is 0. The van der Waals surface area contributed by atoms with Crippen molar-refractivity contribution in [1.29, 1.82) is 5.26 Å². The number of esters is 1. The van der Waals surface area contributed by atoms with Crippen LogP contribution >= 0.6 is 0 Å². The third-order valence-corrected chi connectivity index (χ3v) is 1.89. The molecule has 0 saturated heterocycles. The van der Waals surface area contributed by atoms with Crippen LogP contribution in [0.25, 0.3) is 0 Å². The lowest BCUT2D eigenvalue weighted by Crippen LogP contribution is -2.22. The lowest BCUT2D eigenvalue weighted by Gasteiger charge is -2.13. The Balaban J connectivity index is 4.16. The quantitative estimate of drug-likeness (QED) is 0.602. The summed E-state index contributed by atoms with van der Waals surface area (Å²) in [4.78, 5) is 11.1. The van der Waals surface area contributed by atoms with E-state index in [1.54, 1.807) is 6.92 Å². The average Bonchev–Trinajstić information content (AvgIpc) is 2.06. The van der Waals surface area contributed by atoms with Crippen LogP contribution in [-0.4, -0.2) is 12.6 Å². The Morgan fingerprint density at radius 3 is 2.50 bits per heavy atom. The number of carbonyl (C=O) groups is 1. The van der Waals surface area contributed by atoms with Gasteiger partial charge in [-0.25, -0.2) is 0 Å². The second-order valence-corrected chi connectivity index (χ2v) is 2.74. The Kier molecular flexibility index (Phi) is 5.11. The zero-order valence-electron chi connectivity index (χ0n) is 7.83. The molecule has 0 saturated carbocycles. The number of hydrogen-bond donors (Lipinski definition) is 0. The average molecular weight is 169 g/mol. The molecule has 0 bridgehead atoms. The highest BCUT2D eigenvalue weighted by Crippen LogP contribution is 2.15. The van der Waals surface area contributed by atoms with E-state index in [9.17, 15) is 4.79 Å². The van der Waals surface area contributed by atoms with Crippen LogP contribution in [0.15, 0.2) is 0 Å². The van der Waals surface area contributed by atoms with Gasteiger partial charge in [0, 0.05) is 0 Å². The molecule has 0 spiro atoms. The highest BCUT2D eigenvalue weighted by Gasteiger charge is 2.24. The highest BCUT2D eigenvalue weighted by atomic mass is 16.5. The predicted octanol–water partition coefficient (Wildman–Crippen LogP) is 1.74. The maximum atomic E-state index is 11.1. The van der Waals surface area contributed by atoms with Crippen LogP contribution in [0.3, 0.4) is 0 Å². The van der Waals surface area contributed by atoms with E-state index in [-0.39, 0.29) is 5.92 Å². The SMILES string of the molecule is CCOC(=O)[C@@H](C#N)[C@@H](C)CC. The Labute approximate surface area is 73.3 Å².